The summed E-state index contributed by atoms with van der Waals surface area (Å²) < 4.78 is 5.39. The van der Waals surface area contributed by atoms with E-state index in [9.17, 15) is 0 Å². The minimum atomic E-state index is 0.358. The van der Waals surface area contributed by atoms with Crippen LogP contribution >= 0.6 is 0 Å². The zero-order chi connectivity index (χ0) is 17.8. The van der Waals surface area contributed by atoms with Crippen LogP contribution in [0.25, 0.3) is 0 Å². The van der Waals surface area contributed by atoms with Crippen LogP contribution in [0.4, 0.5) is 11.5 Å². The number of aromatic nitrogens is 2. The van der Waals surface area contributed by atoms with E-state index in [4.69, 9.17) is 10.5 Å². The number of rotatable bonds is 6. The zero-order valence-electron chi connectivity index (χ0n) is 15.2. The van der Waals surface area contributed by atoms with Crippen LogP contribution < -0.4 is 15.8 Å². The molecule has 3 rings (SSSR count). The highest BCUT2D eigenvalue weighted by molar-refractivity contribution is 5.64. The van der Waals surface area contributed by atoms with E-state index in [-0.39, 0.29) is 0 Å². The van der Waals surface area contributed by atoms with Crippen LogP contribution in [0.3, 0.4) is 0 Å². The molecule has 1 aliphatic rings. The highest BCUT2D eigenvalue weighted by Crippen LogP contribution is 2.30. The molecule has 2 aromatic rings. The van der Waals surface area contributed by atoms with Gasteiger partial charge < -0.3 is 15.8 Å². The third-order valence-corrected chi connectivity index (χ3v) is 4.73. The predicted octanol–water partition coefficient (Wildman–Crippen LogP) is 3.14. The number of likely N-dealkylation sites (tertiary alicyclic amines) is 1. The first-order valence-corrected chi connectivity index (χ1v) is 8.88. The molecule has 25 heavy (non-hydrogen) atoms. The topological polar surface area (TPSA) is 76.3 Å². The van der Waals surface area contributed by atoms with E-state index < -0.39 is 0 Å². The lowest BCUT2D eigenvalue weighted by molar-refractivity contribution is 0.312. The molecule has 1 atom stereocenters. The van der Waals surface area contributed by atoms with Gasteiger partial charge in [-0.15, -0.1) is 0 Å². The summed E-state index contributed by atoms with van der Waals surface area (Å²) in [5.74, 6) is 0.621. The second kappa shape index (κ2) is 7.70. The van der Waals surface area contributed by atoms with Crippen molar-refractivity contribution in [2.24, 2.45) is 0 Å². The molecular formula is C19H27N5O. The standard InChI is InChI=1S/C19H27N5O/c1-4-25-19-22-13(2)17(20)18(23-19)21-12-14-7-9-15(10-8-14)16-6-5-11-24(16)3/h7-10,16H,4-6,11-12,20H2,1-3H3,(H,21,22,23). The molecule has 0 spiro atoms. The van der Waals surface area contributed by atoms with Crippen molar-refractivity contribution in [3.05, 3.63) is 41.1 Å². The quantitative estimate of drug-likeness (QED) is 0.840. The van der Waals surface area contributed by atoms with E-state index >= 15 is 0 Å². The molecule has 1 fully saturated rings. The molecule has 0 aliphatic carbocycles. The van der Waals surface area contributed by atoms with Crippen molar-refractivity contribution in [3.63, 3.8) is 0 Å². The van der Waals surface area contributed by atoms with Gasteiger partial charge in [0.15, 0.2) is 5.82 Å². The second-order valence-electron chi connectivity index (χ2n) is 6.52. The Morgan fingerprint density at radius 1 is 1.28 bits per heavy atom. The van der Waals surface area contributed by atoms with Gasteiger partial charge in [0.25, 0.3) is 0 Å². The SMILES string of the molecule is CCOc1nc(C)c(N)c(NCc2ccc(C3CCCN3C)cc2)n1. The Bertz CT molecular complexity index is 716. The maximum atomic E-state index is 6.09. The summed E-state index contributed by atoms with van der Waals surface area (Å²) in [6.07, 6.45) is 2.52. The molecule has 0 radical (unpaired) electrons. The Hall–Kier alpha value is -2.34. The Balaban J connectivity index is 1.67. The van der Waals surface area contributed by atoms with Crippen LogP contribution in [-0.2, 0) is 6.54 Å². The molecule has 1 saturated heterocycles. The maximum absolute atomic E-state index is 6.09. The van der Waals surface area contributed by atoms with Crippen molar-refractivity contribution in [2.75, 3.05) is 31.2 Å². The Morgan fingerprint density at radius 2 is 2.04 bits per heavy atom. The lowest BCUT2D eigenvalue weighted by atomic mass is 10.0. The highest BCUT2D eigenvalue weighted by Gasteiger charge is 2.22. The first kappa shape index (κ1) is 17.5. The third kappa shape index (κ3) is 4.02. The van der Waals surface area contributed by atoms with Crippen LogP contribution in [0, 0.1) is 6.92 Å². The van der Waals surface area contributed by atoms with Crippen LogP contribution in [0.1, 0.15) is 42.6 Å². The molecule has 2 heterocycles. The minimum Gasteiger partial charge on any atom is -0.464 e. The van der Waals surface area contributed by atoms with Gasteiger partial charge in [-0.05, 0) is 51.4 Å². The number of nitrogen functional groups attached to an aromatic ring is 1. The number of aryl methyl sites for hydroxylation is 1. The summed E-state index contributed by atoms with van der Waals surface area (Å²) >= 11 is 0. The molecule has 0 amide bonds. The van der Waals surface area contributed by atoms with Crippen LogP contribution in [0.15, 0.2) is 24.3 Å². The van der Waals surface area contributed by atoms with Crippen molar-refractivity contribution in [2.45, 2.75) is 39.3 Å². The van der Waals surface area contributed by atoms with Gasteiger partial charge in [0, 0.05) is 12.6 Å². The van der Waals surface area contributed by atoms with Crippen LogP contribution in [0.5, 0.6) is 6.01 Å². The van der Waals surface area contributed by atoms with Crippen LogP contribution in [-0.4, -0.2) is 35.1 Å². The fourth-order valence-electron chi connectivity index (χ4n) is 3.26. The van der Waals surface area contributed by atoms with E-state index in [2.05, 4.69) is 51.5 Å². The highest BCUT2D eigenvalue weighted by atomic mass is 16.5. The lowest BCUT2D eigenvalue weighted by Gasteiger charge is -2.20. The van der Waals surface area contributed by atoms with E-state index in [1.54, 1.807) is 0 Å². The predicted molar refractivity (Wildman–Crippen MR) is 101 cm³/mol. The van der Waals surface area contributed by atoms with E-state index in [1.807, 2.05) is 13.8 Å². The maximum Gasteiger partial charge on any atom is 0.318 e. The zero-order valence-corrected chi connectivity index (χ0v) is 15.2. The number of ether oxygens (including phenoxy) is 1. The number of hydrogen-bond acceptors (Lipinski definition) is 6. The Kier molecular flexibility index (Phi) is 5.38. The van der Waals surface area contributed by atoms with Crippen molar-refractivity contribution >= 4 is 11.5 Å². The van der Waals surface area contributed by atoms with E-state index in [1.165, 1.54) is 30.5 Å². The lowest BCUT2D eigenvalue weighted by Crippen LogP contribution is -2.17. The monoisotopic (exact) mass is 341 g/mol. The molecular weight excluding hydrogens is 314 g/mol. The van der Waals surface area contributed by atoms with Gasteiger partial charge in [-0.2, -0.15) is 9.97 Å². The minimum absolute atomic E-state index is 0.358. The summed E-state index contributed by atoms with van der Waals surface area (Å²) in [7, 11) is 2.20. The smallest absolute Gasteiger partial charge is 0.318 e. The van der Waals surface area contributed by atoms with Gasteiger partial charge in [0.05, 0.1) is 18.0 Å². The molecule has 1 aromatic heterocycles. The van der Waals surface area contributed by atoms with Gasteiger partial charge in [-0.1, -0.05) is 24.3 Å². The van der Waals surface area contributed by atoms with Gasteiger partial charge in [-0.3, -0.25) is 4.90 Å². The van der Waals surface area contributed by atoms with Gasteiger partial charge in [0.2, 0.25) is 0 Å². The number of nitrogens with two attached hydrogens (primary N) is 1. The molecule has 0 saturated carbocycles. The third-order valence-electron chi connectivity index (χ3n) is 4.73. The number of benzene rings is 1. The Labute approximate surface area is 149 Å². The van der Waals surface area contributed by atoms with Crippen LogP contribution in [0.2, 0.25) is 0 Å². The van der Waals surface area contributed by atoms with Crippen molar-refractivity contribution in [1.29, 1.82) is 0 Å². The first-order chi connectivity index (χ1) is 12.1. The van der Waals surface area contributed by atoms with E-state index in [0.717, 1.165) is 5.69 Å². The summed E-state index contributed by atoms with van der Waals surface area (Å²) in [4.78, 5) is 11.0. The summed E-state index contributed by atoms with van der Waals surface area (Å²) in [5, 5.41) is 3.30. The fourth-order valence-corrected chi connectivity index (χ4v) is 3.26. The first-order valence-electron chi connectivity index (χ1n) is 8.88. The Morgan fingerprint density at radius 3 is 2.68 bits per heavy atom. The molecule has 3 N–H and O–H groups in total. The van der Waals surface area contributed by atoms with Crippen molar-refractivity contribution in [3.8, 4) is 6.01 Å². The van der Waals surface area contributed by atoms with E-state index in [0.29, 0.717) is 36.7 Å². The number of hydrogen-bond donors (Lipinski definition) is 2. The second-order valence-corrected chi connectivity index (χ2v) is 6.52. The molecule has 134 valence electrons. The fraction of sp³-hybridized carbons (Fsp3) is 0.474. The number of nitrogens with one attached hydrogen (secondary N) is 1. The molecule has 6 heteroatoms. The average molecular weight is 341 g/mol. The largest absolute Gasteiger partial charge is 0.464 e. The molecule has 1 aromatic carbocycles. The molecule has 0 bridgehead atoms. The van der Waals surface area contributed by atoms with Crippen molar-refractivity contribution < 1.29 is 4.74 Å². The number of nitrogens with zero attached hydrogens (tertiary/aromatic N) is 3. The average Bonchev–Trinajstić information content (AvgIpc) is 3.03. The normalized spacial score (nSPS) is 17.6. The van der Waals surface area contributed by atoms with Gasteiger partial charge in [0.1, 0.15) is 0 Å². The molecule has 1 unspecified atom stereocenters. The summed E-state index contributed by atoms with van der Waals surface area (Å²) in [5.41, 5.74) is 9.95. The van der Waals surface area contributed by atoms with Gasteiger partial charge in [-0.25, -0.2) is 0 Å². The molecule has 6 nitrogen and oxygen atoms in total. The summed E-state index contributed by atoms with van der Waals surface area (Å²) in [6, 6.07) is 9.70. The van der Waals surface area contributed by atoms with Crippen molar-refractivity contribution in [1.82, 2.24) is 14.9 Å². The number of anilines is 2. The van der Waals surface area contributed by atoms with Gasteiger partial charge >= 0.3 is 6.01 Å². The molecule has 1 aliphatic heterocycles. The summed E-state index contributed by atoms with van der Waals surface area (Å²) in [6.45, 7) is 6.14.